The van der Waals surface area contributed by atoms with Gasteiger partial charge in [-0.25, -0.2) is 0 Å². The number of hydrogen-bond donors (Lipinski definition) is 37. The molecule has 0 amide bonds. The van der Waals surface area contributed by atoms with Gasteiger partial charge in [-0.2, -0.15) is 0 Å². The number of hydrogen-bond acceptors (Lipinski definition) is 60. The molecule has 0 aromatic rings. The average molecular weight is 1950 g/mol. The summed E-state index contributed by atoms with van der Waals surface area (Å²) >= 11 is 0. The summed E-state index contributed by atoms with van der Waals surface area (Å²) in [5, 5.41) is 412. The highest BCUT2D eigenvalue weighted by molar-refractivity contribution is 5.11. The lowest BCUT2D eigenvalue weighted by atomic mass is 9.99. The molecule has 132 heavy (non-hydrogen) atoms. The molecule has 0 saturated carbocycles. The molecular formula is C72H122O60. The van der Waals surface area contributed by atoms with Crippen LogP contribution in [0.15, 0.2) is 0 Å². The fourth-order valence-electron chi connectivity index (χ4n) is 17.7. The van der Waals surface area contributed by atoms with Crippen molar-refractivity contribution in [2.75, 3.05) is 145 Å². The van der Waals surface area contributed by atoms with Crippen molar-refractivity contribution in [3.63, 3.8) is 0 Å². The molecule has 12 rings (SSSR count). The van der Waals surface area contributed by atoms with Crippen molar-refractivity contribution in [2.24, 2.45) is 0 Å². The Balaban J connectivity index is 0.833. The first-order valence-electron chi connectivity index (χ1n) is 41.7. The van der Waals surface area contributed by atoms with E-state index in [1.165, 1.54) is 0 Å². The van der Waals surface area contributed by atoms with E-state index in [1.807, 2.05) is 0 Å². The smallest absolute Gasteiger partial charge is 0.224 e. The first kappa shape index (κ1) is 108. The molecule has 37 N–H and O–H groups in total. The minimum Gasteiger partial charge on any atom is -0.394 e. The van der Waals surface area contributed by atoms with Gasteiger partial charge < -0.3 is 298 Å². The van der Waals surface area contributed by atoms with Crippen LogP contribution in [0.4, 0.5) is 0 Å². The Kier molecular flexibility index (Phi) is 34.7. The van der Waals surface area contributed by atoms with E-state index in [2.05, 4.69) is 0 Å². The van der Waals surface area contributed by atoms with E-state index in [-0.39, 0.29) is 0 Å². The largest absolute Gasteiger partial charge is 0.394 e. The van der Waals surface area contributed by atoms with E-state index in [9.17, 15) is 189 Å². The van der Waals surface area contributed by atoms with E-state index in [1.54, 1.807) is 0 Å². The zero-order valence-corrected chi connectivity index (χ0v) is 69.9. The Bertz CT molecular complexity index is 3650. The van der Waals surface area contributed by atoms with Gasteiger partial charge in [-0.3, -0.25) is 0 Å². The van der Waals surface area contributed by atoms with E-state index >= 15 is 0 Å². The van der Waals surface area contributed by atoms with Crippen molar-refractivity contribution in [1.29, 1.82) is 0 Å². The lowest BCUT2D eigenvalue weighted by Crippen LogP contribution is -2.64. The van der Waals surface area contributed by atoms with Gasteiger partial charge in [0.25, 0.3) is 0 Å². The average Bonchev–Trinajstić information content (AvgIpc) is 1.59. The molecule has 12 fully saturated rings. The monoisotopic (exact) mass is 1950 g/mol. The molecule has 0 radical (unpaired) electrons. The summed E-state index contributed by atoms with van der Waals surface area (Å²) in [5.74, 6) is -34.2. The van der Waals surface area contributed by atoms with E-state index in [0.717, 1.165) is 6.92 Å². The predicted octanol–water partition coefficient (Wildman–Crippen LogP) is -26.1. The van der Waals surface area contributed by atoms with Gasteiger partial charge in [0.15, 0.2) is 6.29 Å². The SMILES string of the molecule is C[C@H]1O[C@@](CO[C@]2(CO[C@]3(CO[C@]4(CO[C@]5(CO[C@]6(CO[C@]7(CO[C@]8(CO)O[C@H](CO)[C@@H](O)[C@@H]8O)O[C@H](CO)[C@@H](O)[C@@H]7O)O[C@H](CO)[C@@H](O)[C@@H]6O)O[C@H](CO)[C@@H](O)[C@@H]5O)O[C@H](CO)[C@@H](O)[C@@H]4O)O[C@H](CO)[C@@H](O)[C@@H]3O)O[C@H](CO)[C@@H](O)[C@@H]2O)(OC[C@@]2(OC[C@@]3(OC[C@@]4(O[C@H]5O[C@H](CO)[C@@H](O)[C@H](O)[C@H]5O)O[C@H](CO)[C@@H](O)[C@@H]4O)O[C@H](CO)[C@@H](O)[C@@H]3O)O[C@H](CO)[C@@H](O)[C@@H]2O)[C@@H](O)[C@@H]1O. The van der Waals surface area contributed by atoms with Crippen LogP contribution in [0.1, 0.15) is 6.92 Å². The summed E-state index contributed by atoms with van der Waals surface area (Å²) in [5.41, 5.74) is 0. The molecule has 12 heterocycles. The Morgan fingerprint density at radius 3 is 0.515 bits per heavy atom. The van der Waals surface area contributed by atoms with Crippen molar-refractivity contribution in [3.8, 4) is 0 Å². The zero-order valence-electron chi connectivity index (χ0n) is 69.9. The topological polar surface area (TPSA) is 961 Å². The standard InChI is InChI=1S/C72H122O60/c1-24-36(85)50(99)63(121-24,111-16-65(53(102)40(89)28(5-76)124-65)118-22-71(59(108)46(95)34(11-82)130-71)119-23-72(60(109)47(96)35(12-83)131-72)132-61-49(98)48(97)37(86)25(2-73)120-61)14-112-66(54(103)41(90)29(6-77)125-66)17-114-68(56(105)43(92)31(8-79)127-68)19-116-70(58(107)45(94)33(10-81)129-70)21-117-69(57(106)44(93)32(9-80)128-69)20-115-67(55(104)42(91)30(7-78)126-67)18-113-64(52(101)39(88)27(4-75)123-64)15-110-62(13-84)51(100)38(87)26(3-74)122-62/h24-61,73-109H,2-23H2,1H3/t24-,25-,26-,27-,28-,29-,30-,31-,32-,33-,34-,35-,36-,37-,38-,39-,40-,41-,42-,43-,44-,45-,46-,47-,48+,49-,50+,51+,52+,53+,54+,55+,56+,57+,58+,59+,60+,61-,62-,63-,64-,65-,66-,67-,68-,69-,70-,71-,72+/m1/s1. The third kappa shape index (κ3) is 19.2. The van der Waals surface area contributed by atoms with Gasteiger partial charge in [0, 0.05) is 0 Å². The van der Waals surface area contributed by atoms with Gasteiger partial charge in [-0.15, -0.1) is 0 Å². The van der Waals surface area contributed by atoms with E-state index in [4.69, 9.17) is 109 Å². The van der Waals surface area contributed by atoms with Crippen LogP contribution < -0.4 is 0 Å². The van der Waals surface area contributed by atoms with Crippen LogP contribution in [0.5, 0.6) is 0 Å². The minimum absolute atomic E-state index is 0.981. The third-order valence-electron chi connectivity index (χ3n) is 26.1. The lowest BCUT2D eigenvalue weighted by molar-refractivity contribution is -0.407. The number of aliphatic hydroxyl groups is 37. The molecule has 60 nitrogen and oxygen atoms in total. The van der Waals surface area contributed by atoms with E-state index < -0.39 is 441 Å². The van der Waals surface area contributed by atoms with Crippen LogP contribution in [0.3, 0.4) is 0 Å². The molecule has 0 bridgehead atoms. The Morgan fingerprint density at radius 2 is 0.333 bits per heavy atom. The predicted molar refractivity (Wildman–Crippen MR) is 394 cm³/mol. The van der Waals surface area contributed by atoms with Crippen molar-refractivity contribution in [2.45, 2.75) is 303 Å². The fraction of sp³-hybridized carbons (Fsp3) is 1.00. The highest BCUT2D eigenvalue weighted by atomic mass is 16.9. The summed E-state index contributed by atoms with van der Waals surface area (Å²) in [6.45, 7) is -28.5. The fourth-order valence-corrected chi connectivity index (χ4v) is 17.7. The maximum Gasteiger partial charge on any atom is 0.224 e. The first-order valence-corrected chi connectivity index (χ1v) is 41.7. The van der Waals surface area contributed by atoms with Crippen molar-refractivity contribution in [3.05, 3.63) is 0 Å². The molecule has 0 aromatic carbocycles. The van der Waals surface area contributed by atoms with Crippen LogP contribution in [-0.2, 0) is 109 Å². The van der Waals surface area contributed by atoms with Crippen molar-refractivity contribution >= 4 is 0 Å². The highest BCUT2D eigenvalue weighted by Gasteiger charge is 2.72. The maximum absolute atomic E-state index is 12.2. The van der Waals surface area contributed by atoms with Crippen molar-refractivity contribution < 1.29 is 298 Å². The zero-order chi connectivity index (χ0) is 97.3. The van der Waals surface area contributed by atoms with Crippen LogP contribution in [0.25, 0.3) is 0 Å². The van der Waals surface area contributed by atoms with Gasteiger partial charge >= 0.3 is 0 Å². The Morgan fingerprint density at radius 1 is 0.174 bits per heavy atom. The molecule has 0 unspecified atom stereocenters. The maximum atomic E-state index is 12.2. The molecule has 0 spiro atoms. The molecule has 0 aliphatic carbocycles. The second-order valence-electron chi connectivity index (χ2n) is 34.3. The molecule has 12 saturated heterocycles. The third-order valence-corrected chi connectivity index (χ3v) is 26.1. The van der Waals surface area contributed by atoms with Gasteiger partial charge in [0.1, 0.15) is 292 Å². The van der Waals surface area contributed by atoms with Gasteiger partial charge in [-0.1, -0.05) is 0 Å². The Labute approximate surface area is 744 Å². The molecule has 60 heteroatoms. The number of ether oxygens (including phenoxy) is 23. The van der Waals surface area contributed by atoms with Crippen LogP contribution in [0, 0.1) is 0 Å². The van der Waals surface area contributed by atoms with Crippen LogP contribution >= 0.6 is 0 Å². The van der Waals surface area contributed by atoms with Crippen LogP contribution in [0.2, 0.25) is 0 Å². The first-order chi connectivity index (χ1) is 62.2. The number of aliphatic hydroxyl groups excluding tert-OH is 37. The quantitative estimate of drug-likeness (QED) is 0.0269. The molecule has 12 aliphatic rings. The molecule has 12 aliphatic heterocycles. The summed E-state index contributed by atoms with van der Waals surface area (Å²) in [6.07, 6.45) is -83.6. The molecule has 49 atom stereocenters. The summed E-state index contributed by atoms with van der Waals surface area (Å²) in [7, 11) is 0. The summed E-state index contributed by atoms with van der Waals surface area (Å²) in [4.78, 5) is 0. The van der Waals surface area contributed by atoms with Crippen molar-refractivity contribution in [1.82, 2.24) is 0 Å². The summed E-state index contributed by atoms with van der Waals surface area (Å²) in [6, 6.07) is 0. The van der Waals surface area contributed by atoms with E-state index in [0.29, 0.717) is 0 Å². The second-order valence-corrected chi connectivity index (χ2v) is 34.3. The molecule has 770 valence electrons. The van der Waals surface area contributed by atoms with Crippen LogP contribution in [-0.4, -0.2) is 630 Å². The molecular weight excluding hydrogens is 1820 g/mol. The normalized spacial score (nSPS) is 53.1. The lowest BCUT2D eigenvalue weighted by Gasteiger charge is -2.45. The number of rotatable bonds is 44. The van der Waals surface area contributed by atoms with Gasteiger partial charge in [0.05, 0.1) is 78.8 Å². The van der Waals surface area contributed by atoms with Gasteiger partial charge in [-0.05, 0) is 6.92 Å². The Hall–Kier alpha value is -2.40. The summed E-state index contributed by atoms with van der Waals surface area (Å²) < 4.78 is 136. The molecule has 0 aromatic heterocycles. The minimum atomic E-state index is -3.26. The van der Waals surface area contributed by atoms with Gasteiger partial charge in [0.2, 0.25) is 63.7 Å². The highest BCUT2D eigenvalue weighted by Crippen LogP contribution is 2.50. The second kappa shape index (κ2) is 42.3.